The van der Waals surface area contributed by atoms with Crippen molar-refractivity contribution in [2.45, 2.75) is 60.6 Å². The number of hydrogen-bond acceptors (Lipinski definition) is 3. The molecule has 0 fully saturated rings. The highest BCUT2D eigenvalue weighted by Crippen LogP contribution is 2.14. The molecule has 0 aliphatic carbocycles. The Hall–Kier alpha value is -1.52. The van der Waals surface area contributed by atoms with Crippen LogP contribution in [0.4, 0.5) is 4.79 Å². The Morgan fingerprint density at radius 3 is 2.35 bits per heavy atom. The zero-order chi connectivity index (χ0) is 15.5. The van der Waals surface area contributed by atoms with E-state index in [9.17, 15) is 4.79 Å². The summed E-state index contributed by atoms with van der Waals surface area (Å²) in [5.74, 6) is 1.17. The summed E-state index contributed by atoms with van der Waals surface area (Å²) in [6, 6.07) is 0. The molecule has 1 N–H and O–H groups in total. The molecule has 1 heterocycles. The number of aryl methyl sites for hydroxylation is 2. The number of aromatic amines is 1. The summed E-state index contributed by atoms with van der Waals surface area (Å²) in [6.45, 7) is 14.8. The van der Waals surface area contributed by atoms with Crippen molar-refractivity contribution in [3.05, 3.63) is 17.2 Å². The molecule has 0 bridgehead atoms. The van der Waals surface area contributed by atoms with E-state index < -0.39 is 5.60 Å². The molecule has 0 saturated heterocycles. The Labute approximate surface area is 121 Å². The maximum absolute atomic E-state index is 12.3. The van der Waals surface area contributed by atoms with Crippen LogP contribution in [-0.2, 0) is 11.3 Å². The number of rotatable bonds is 4. The number of ether oxygens (including phenoxy) is 1. The van der Waals surface area contributed by atoms with Crippen LogP contribution in [0.2, 0.25) is 0 Å². The molecule has 0 unspecified atom stereocenters. The number of H-pyrrole nitrogens is 1. The molecule has 20 heavy (non-hydrogen) atoms. The van der Waals surface area contributed by atoms with E-state index in [1.54, 1.807) is 4.90 Å². The van der Waals surface area contributed by atoms with Crippen LogP contribution in [0.3, 0.4) is 0 Å². The second-order valence-electron chi connectivity index (χ2n) is 6.65. The van der Waals surface area contributed by atoms with Crippen molar-refractivity contribution in [2.75, 3.05) is 6.54 Å². The van der Waals surface area contributed by atoms with Crippen LogP contribution in [0.1, 0.15) is 51.8 Å². The summed E-state index contributed by atoms with van der Waals surface area (Å²) < 4.78 is 5.46. The van der Waals surface area contributed by atoms with Crippen molar-refractivity contribution < 1.29 is 9.53 Å². The highest BCUT2D eigenvalue weighted by atomic mass is 16.6. The van der Waals surface area contributed by atoms with E-state index >= 15 is 0 Å². The summed E-state index contributed by atoms with van der Waals surface area (Å²) >= 11 is 0. The van der Waals surface area contributed by atoms with Gasteiger partial charge in [0.2, 0.25) is 0 Å². The third-order valence-electron chi connectivity index (χ3n) is 2.76. The molecule has 1 aromatic rings. The molecule has 5 nitrogen and oxygen atoms in total. The zero-order valence-corrected chi connectivity index (χ0v) is 13.7. The lowest BCUT2D eigenvalue weighted by molar-refractivity contribution is 0.0206. The van der Waals surface area contributed by atoms with Crippen molar-refractivity contribution in [1.29, 1.82) is 0 Å². The SMILES string of the molecule is Cc1nc(CN(CC(C)C)C(=O)OC(C)(C)C)[nH]c1C. The van der Waals surface area contributed by atoms with Crippen molar-refractivity contribution in [3.8, 4) is 0 Å². The van der Waals surface area contributed by atoms with Gasteiger partial charge >= 0.3 is 6.09 Å². The van der Waals surface area contributed by atoms with E-state index in [4.69, 9.17) is 4.74 Å². The van der Waals surface area contributed by atoms with Gasteiger partial charge in [-0.15, -0.1) is 0 Å². The van der Waals surface area contributed by atoms with Crippen LogP contribution in [0.5, 0.6) is 0 Å². The second-order valence-corrected chi connectivity index (χ2v) is 6.65. The first-order valence-corrected chi connectivity index (χ1v) is 7.08. The lowest BCUT2D eigenvalue weighted by Gasteiger charge is -2.28. The first-order valence-electron chi connectivity index (χ1n) is 7.08. The molecule has 0 atom stereocenters. The molecule has 1 aromatic heterocycles. The standard InChI is InChI=1S/C15H27N3O2/c1-10(2)8-18(14(19)20-15(5,6)7)9-13-16-11(3)12(4)17-13/h10H,8-9H2,1-7H3,(H,16,17). The molecule has 1 amide bonds. The van der Waals surface area contributed by atoms with E-state index in [0.29, 0.717) is 19.0 Å². The third-order valence-corrected chi connectivity index (χ3v) is 2.76. The van der Waals surface area contributed by atoms with Crippen LogP contribution in [0.15, 0.2) is 0 Å². The molecular formula is C15H27N3O2. The van der Waals surface area contributed by atoms with Crippen LogP contribution in [-0.4, -0.2) is 33.1 Å². The highest BCUT2D eigenvalue weighted by Gasteiger charge is 2.23. The fraction of sp³-hybridized carbons (Fsp3) is 0.733. The summed E-state index contributed by atoms with van der Waals surface area (Å²) in [6.07, 6.45) is -0.294. The fourth-order valence-corrected chi connectivity index (χ4v) is 1.85. The normalized spacial score (nSPS) is 11.8. The number of hydrogen-bond donors (Lipinski definition) is 1. The van der Waals surface area contributed by atoms with E-state index in [-0.39, 0.29) is 6.09 Å². The lowest BCUT2D eigenvalue weighted by atomic mass is 10.2. The maximum Gasteiger partial charge on any atom is 0.410 e. The number of nitrogens with one attached hydrogen (secondary N) is 1. The monoisotopic (exact) mass is 281 g/mol. The number of carbonyl (C=O) groups is 1. The third kappa shape index (κ3) is 5.23. The van der Waals surface area contributed by atoms with Gasteiger partial charge in [0.1, 0.15) is 11.4 Å². The van der Waals surface area contributed by atoms with Crippen LogP contribution < -0.4 is 0 Å². The summed E-state index contributed by atoms with van der Waals surface area (Å²) in [7, 11) is 0. The van der Waals surface area contributed by atoms with Crippen molar-refractivity contribution >= 4 is 6.09 Å². The molecule has 0 aromatic carbocycles. The van der Waals surface area contributed by atoms with Gasteiger partial charge in [-0.3, -0.25) is 0 Å². The summed E-state index contributed by atoms with van der Waals surface area (Å²) in [4.78, 5) is 21.6. The van der Waals surface area contributed by atoms with Crippen molar-refractivity contribution in [2.24, 2.45) is 5.92 Å². The van der Waals surface area contributed by atoms with Gasteiger partial charge in [0.15, 0.2) is 0 Å². The number of aromatic nitrogens is 2. The number of amides is 1. The molecular weight excluding hydrogens is 254 g/mol. The van der Waals surface area contributed by atoms with E-state index in [1.165, 1.54) is 0 Å². The molecule has 0 saturated carbocycles. The highest BCUT2D eigenvalue weighted by molar-refractivity contribution is 5.68. The molecule has 0 aliphatic rings. The minimum atomic E-state index is -0.485. The smallest absolute Gasteiger partial charge is 0.410 e. The quantitative estimate of drug-likeness (QED) is 0.920. The van der Waals surface area contributed by atoms with E-state index in [2.05, 4.69) is 23.8 Å². The predicted octanol–water partition coefficient (Wildman–Crippen LogP) is 3.42. The maximum atomic E-state index is 12.3. The molecule has 0 radical (unpaired) electrons. The minimum Gasteiger partial charge on any atom is -0.444 e. The number of carbonyl (C=O) groups excluding carboxylic acids is 1. The number of nitrogens with zero attached hydrogens (tertiary/aromatic N) is 2. The predicted molar refractivity (Wildman–Crippen MR) is 79.5 cm³/mol. The molecule has 114 valence electrons. The lowest BCUT2D eigenvalue weighted by Crippen LogP contribution is -2.38. The average molecular weight is 281 g/mol. The largest absolute Gasteiger partial charge is 0.444 e. The number of imidazole rings is 1. The average Bonchev–Trinajstić information content (AvgIpc) is 2.54. The van der Waals surface area contributed by atoms with Gasteiger partial charge in [-0.25, -0.2) is 9.78 Å². The zero-order valence-electron chi connectivity index (χ0n) is 13.7. The first-order chi connectivity index (χ1) is 9.08. The fourth-order valence-electron chi connectivity index (χ4n) is 1.85. The van der Waals surface area contributed by atoms with Gasteiger partial charge in [-0.1, -0.05) is 13.8 Å². The molecule has 0 aliphatic heterocycles. The minimum absolute atomic E-state index is 0.294. The summed E-state index contributed by atoms with van der Waals surface area (Å²) in [5.41, 5.74) is 1.52. The Morgan fingerprint density at radius 1 is 1.35 bits per heavy atom. The van der Waals surface area contributed by atoms with E-state index in [0.717, 1.165) is 17.2 Å². The van der Waals surface area contributed by atoms with Crippen molar-refractivity contribution in [3.63, 3.8) is 0 Å². The summed E-state index contributed by atoms with van der Waals surface area (Å²) in [5, 5.41) is 0. The second kappa shape index (κ2) is 6.29. The first kappa shape index (κ1) is 16.5. The Morgan fingerprint density at radius 2 is 1.95 bits per heavy atom. The van der Waals surface area contributed by atoms with Gasteiger partial charge < -0.3 is 14.6 Å². The molecule has 5 heteroatoms. The van der Waals surface area contributed by atoms with Crippen LogP contribution >= 0.6 is 0 Å². The van der Waals surface area contributed by atoms with Crippen LogP contribution in [0, 0.1) is 19.8 Å². The van der Waals surface area contributed by atoms with E-state index in [1.807, 2.05) is 34.6 Å². The van der Waals surface area contributed by atoms with Gasteiger partial charge in [0.05, 0.1) is 12.2 Å². The van der Waals surface area contributed by atoms with Gasteiger partial charge in [-0.2, -0.15) is 0 Å². The molecule has 0 spiro atoms. The van der Waals surface area contributed by atoms with Gasteiger partial charge in [-0.05, 0) is 40.5 Å². The Bertz CT molecular complexity index is 439. The van der Waals surface area contributed by atoms with Crippen LogP contribution in [0.25, 0.3) is 0 Å². The topological polar surface area (TPSA) is 58.2 Å². The Kier molecular flexibility index (Phi) is 5.20. The van der Waals surface area contributed by atoms with Gasteiger partial charge in [0.25, 0.3) is 0 Å². The van der Waals surface area contributed by atoms with Gasteiger partial charge in [0, 0.05) is 12.2 Å². The molecule has 1 rings (SSSR count). The van der Waals surface area contributed by atoms with Crippen molar-refractivity contribution in [1.82, 2.24) is 14.9 Å². The Balaban J connectivity index is 2.81.